The molecule has 3 heteroatoms. The third kappa shape index (κ3) is 3.18. The summed E-state index contributed by atoms with van der Waals surface area (Å²) in [5.74, 6) is 2.63. The van der Waals surface area contributed by atoms with E-state index in [0.717, 1.165) is 28.3 Å². The topological polar surface area (TPSA) is 20.3 Å². The molecule has 0 spiro atoms. The van der Waals surface area contributed by atoms with Crippen LogP contribution in [0, 0.1) is 17.8 Å². The number of carbonyl (C=O) groups is 1. The van der Waals surface area contributed by atoms with Gasteiger partial charge in [-0.3, -0.25) is 4.79 Å². The van der Waals surface area contributed by atoms with Gasteiger partial charge >= 0.3 is 0 Å². The summed E-state index contributed by atoms with van der Waals surface area (Å²) in [7, 11) is 0. The summed E-state index contributed by atoms with van der Waals surface area (Å²) in [5, 5.41) is 0.745. The fourth-order valence-corrected chi connectivity index (χ4v) is 6.49. The zero-order chi connectivity index (χ0) is 18.4. The van der Waals surface area contributed by atoms with Crippen molar-refractivity contribution in [2.45, 2.75) is 50.6 Å². The molecule has 4 aliphatic carbocycles. The second-order valence-corrected chi connectivity index (χ2v) is 9.46. The van der Waals surface area contributed by atoms with Crippen LogP contribution in [0.3, 0.4) is 0 Å². The SMILES string of the molecule is O=C(c1ccccc1)N(Cc1ccc(Cl)cc1)C12CC3CC(CC(C3)C1)C2. The molecule has 27 heavy (non-hydrogen) atoms. The maximum absolute atomic E-state index is 13.6. The van der Waals surface area contributed by atoms with Crippen molar-refractivity contribution in [2.24, 2.45) is 17.8 Å². The number of halogens is 1. The highest BCUT2D eigenvalue weighted by Gasteiger charge is 2.54. The zero-order valence-electron chi connectivity index (χ0n) is 15.6. The summed E-state index contributed by atoms with van der Waals surface area (Å²) >= 11 is 6.08. The minimum Gasteiger partial charge on any atom is -0.329 e. The molecule has 0 heterocycles. The number of nitrogens with zero attached hydrogens (tertiary/aromatic N) is 1. The van der Waals surface area contributed by atoms with Crippen molar-refractivity contribution >= 4 is 17.5 Å². The Hall–Kier alpha value is -1.80. The number of benzene rings is 2. The molecular weight excluding hydrogens is 354 g/mol. The molecule has 2 nitrogen and oxygen atoms in total. The van der Waals surface area contributed by atoms with E-state index < -0.39 is 0 Å². The van der Waals surface area contributed by atoms with Gasteiger partial charge in [-0.2, -0.15) is 0 Å². The Morgan fingerprint density at radius 3 is 2.00 bits per heavy atom. The minimum atomic E-state index is 0.0430. The summed E-state index contributed by atoms with van der Waals surface area (Å²) in [6.07, 6.45) is 7.70. The van der Waals surface area contributed by atoms with Gasteiger partial charge in [0.05, 0.1) is 0 Å². The quantitative estimate of drug-likeness (QED) is 0.642. The van der Waals surface area contributed by atoms with Crippen molar-refractivity contribution in [1.82, 2.24) is 4.90 Å². The predicted octanol–water partition coefficient (Wildman–Crippen LogP) is 5.95. The number of hydrogen-bond donors (Lipinski definition) is 0. The van der Waals surface area contributed by atoms with Gasteiger partial charge in [-0.15, -0.1) is 0 Å². The zero-order valence-corrected chi connectivity index (χ0v) is 16.4. The molecule has 2 aromatic carbocycles. The molecule has 0 unspecified atom stereocenters. The van der Waals surface area contributed by atoms with Gasteiger partial charge in [0.15, 0.2) is 0 Å². The van der Waals surface area contributed by atoms with Gasteiger partial charge in [-0.05, 0) is 86.1 Å². The van der Waals surface area contributed by atoms with Crippen molar-refractivity contribution in [3.8, 4) is 0 Å². The fourth-order valence-electron chi connectivity index (χ4n) is 6.36. The van der Waals surface area contributed by atoms with Gasteiger partial charge in [0.25, 0.3) is 5.91 Å². The van der Waals surface area contributed by atoms with E-state index in [9.17, 15) is 4.79 Å². The lowest BCUT2D eigenvalue weighted by Gasteiger charge is -2.60. The van der Waals surface area contributed by atoms with E-state index >= 15 is 0 Å². The molecule has 0 N–H and O–H groups in total. The van der Waals surface area contributed by atoms with E-state index in [1.54, 1.807) is 0 Å². The highest BCUT2D eigenvalue weighted by atomic mass is 35.5. The predicted molar refractivity (Wildman–Crippen MR) is 109 cm³/mol. The molecule has 1 amide bonds. The smallest absolute Gasteiger partial charge is 0.254 e. The van der Waals surface area contributed by atoms with Crippen molar-refractivity contribution in [3.05, 3.63) is 70.7 Å². The number of carbonyl (C=O) groups excluding carboxylic acids is 1. The van der Waals surface area contributed by atoms with Crippen LogP contribution in [-0.2, 0) is 6.54 Å². The Morgan fingerprint density at radius 2 is 1.44 bits per heavy atom. The van der Waals surface area contributed by atoms with Crippen LogP contribution in [0.5, 0.6) is 0 Å². The summed E-state index contributed by atoms with van der Waals surface area (Å²) in [5.41, 5.74) is 2.02. The number of rotatable bonds is 4. The van der Waals surface area contributed by atoms with Crippen molar-refractivity contribution in [2.75, 3.05) is 0 Å². The van der Waals surface area contributed by atoms with E-state index in [4.69, 9.17) is 11.6 Å². The summed E-state index contributed by atoms with van der Waals surface area (Å²) in [4.78, 5) is 15.9. The van der Waals surface area contributed by atoms with E-state index in [1.165, 1.54) is 44.1 Å². The Bertz CT molecular complexity index is 794. The number of hydrogen-bond acceptors (Lipinski definition) is 1. The molecule has 0 radical (unpaired) electrons. The van der Waals surface area contributed by atoms with Crippen LogP contribution in [0.4, 0.5) is 0 Å². The highest BCUT2D eigenvalue weighted by Crippen LogP contribution is 2.58. The molecule has 6 rings (SSSR count). The van der Waals surface area contributed by atoms with Crippen LogP contribution in [0.25, 0.3) is 0 Å². The minimum absolute atomic E-state index is 0.0430. The first-order chi connectivity index (χ1) is 13.1. The van der Waals surface area contributed by atoms with E-state index in [0.29, 0.717) is 6.54 Å². The fraction of sp³-hybridized carbons (Fsp3) is 0.458. The Balaban J connectivity index is 1.52. The van der Waals surface area contributed by atoms with Crippen LogP contribution in [0.1, 0.15) is 54.4 Å². The first-order valence-corrected chi connectivity index (χ1v) is 10.6. The summed E-state index contributed by atoms with van der Waals surface area (Å²) < 4.78 is 0. The molecular formula is C24H26ClNO. The van der Waals surface area contributed by atoms with Crippen LogP contribution in [0.2, 0.25) is 5.02 Å². The maximum Gasteiger partial charge on any atom is 0.254 e. The van der Waals surface area contributed by atoms with Gasteiger partial charge < -0.3 is 4.90 Å². The largest absolute Gasteiger partial charge is 0.329 e. The van der Waals surface area contributed by atoms with Crippen LogP contribution < -0.4 is 0 Å². The molecule has 0 aromatic heterocycles. The van der Waals surface area contributed by atoms with Gasteiger partial charge in [0.2, 0.25) is 0 Å². The third-order valence-corrected chi connectivity index (χ3v) is 7.35. The summed E-state index contributed by atoms with van der Waals surface area (Å²) in [6, 6.07) is 17.8. The third-order valence-electron chi connectivity index (χ3n) is 7.10. The Morgan fingerprint density at radius 1 is 0.889 bits per heavy atom. The molecule has 0 aliphatic heterocycles. The molecule has 2 aromatic rings. The normalized spacial score (nSPS) is 31.1. The van der Waals surface area contributed by atoms with Crippen LogP contribution in [0.15, 0.2) is 54.6 Å². The van der Waals surface area contributed by atoms with E-state index in [1.807, 2.05) is 42.5 Å². The molecule has 4 aliphatic rings. The lowest BCUT2D eigenvalue weighted by Crippen LogP contribution is -2.61. The molecule has 0 atom stereocenters. The summed E-state index contributed by atoms with van der Waals surface area (Å²) in [6.45, 7) is 0.678. The lowest BCUT2D eigenvalue weighted by atomic mass is 9.52. The van der Waals surface area contributed by atoms with Crippen LogP contribution >= 0.6 is 11.6 Å². The van der Waals surface area contributed by atoms with E-state index in [2.05, 4.69) is 17.0 Å². The first-order valence-electron chi connectivity index (χ1n) is 10.2. The second kappa shape index (κ2) is 6.67. The second-order valence-electron chi connectivity index (χ2n) is 9.03. The Labute approximate surface area is 166 Å². The average molecular weight is 380 g/mol. The molecule has 4 fully saturated rings. The van der Waals surface area contributed by atoms with Crippen molar-refractivity contribution in [3.63, 3.8) is 0 Å². The average Bonchev–Trinajstić information content (AvgIpc) is 2.66. The van der Waals surface area contributed by atoms with E-state index in [-0.39, 0.29) is 11.4 Å². The lowest BCUT2D eigenvalue weighted by molar-refractivity contribution is -0.0775. The first kappa shape index (κ1) is 17.3. The number of amides is 1. The molecule has 4 bridgehead atoms. The Kier molecular flexibility index (Phi) is 4.27. The molecule has 140 valence electrons. The molecule has 4 saturated carbocycles. The van der Waals surface area contributed by atoms with Crippen LogP contribution in [-0.4, -0.2) is 16.3 Å². The standard InChI is InChI=1S/C24H26ClNO/c25-22-8-6-17(7-9-22)16-26(23(27)21-4-2-1-3-5-21)24-13-18-10-19(14-24)12-20(11-18)15-24/h1-9,18-20H,10-16H2. The van der Waals surface area contributed by atoms with Gasteiger partial charge in [-0.1, -0.05) is 41.9 Å². The maximum atomic E-state index is 13.6. The van der Waals surface area contributed by atoms with Crippen molar-refractivity contribution in [1.29, 1.82) is 0 Å². The highest BCUT2D eigenvalue weighted by molar-refractivity contribution is 6.30. The van der Waals surface area contributed by atoms with Crippen molar-refractivity contribution < 1.29 is 4.79 Å². The van der Waals surface area contributed by atoms with Gasteiger partial charge in [-0.25, -0.2) is 0 Å². The molecule has 0 saturated heterocycles. The van der Waals surface area contributed by atoms with Gasteiger partial charge in [0.1, 0.15) is 0 Å². The van der Waals surface area contributed by atoms with Gasteiger partial charge in [0, 0.05) is 22.7 Å². The monoisotopic (exact) mass is 379 g/mol.